The van der Waals surface area contributed by atoms with Gasteiger partial charge in [-0.3, -0.25) is 0 Å². The third-order valence-electron chi connectivity index (χ3n) is 3.23. The van der Waals surface area contributed by atoms with Crippen LogP contribution < -0.4 is 5.32 Å². The van der Waals surface area contributed by atoms with Crippen molar-refractivity contribution in [3.8, 4) is 0 Å². The van der Waals surface area contributed by atoms with Gasteiger partial charge in [0.2, 0.25) is 0 Å². The normalized spacial score (nSPS) is 19.0. The highest BCUT2D eigenvalue weighted by atomic mass is 16.3. The van der Waals surface area contributed by atoms with E-state index in [1.54, 1.807) is 0 Å². The van der Waals surface area contributed by atoms with E-state index in [0.717, 1.165) is 18.3 Å². The van der Waals surface area contributed by atoms with Crippen molar-refractivity contribution in [3.05, 3.63) is 23.7 Å². The Morgan fingerprint density at radius 3 is 2.60 bits per heavy atom. The predicted octanol–water partition coefficient (Wildman–Crippen LogP) is 3.40. The molecule has 0 aliphatic heterocycles. The largest absolute Gasteiger partial charge is 0.469 e. The number of rotatable bonds is 3. The van der Waals surface area contributed by atoms with Gasteiger partial charge in [-0.1, -0.05) is 25.7 Å². The SMILES string of the molecule is Cc1cc(CNC2CCCCCC2)co1. The molecular weight excluding hydrogens is 186 g/mol. The highest BCUT2D eigenvalue weighted by Crippen LogP contribution is 2.17. The lowest BCUT2D eigenvalue weighted by Crippen LogP contribution is -2.27. The molecule has 2 nitrogen and oxygen atoms in total. The third kappa shape index (κ3) is 3.38. The molecule has 0 atom stereocenters. The molecule has 1 aliphatic carbocycles. The van der Waals surface area contributed by atoms with Crippen LogP contribution in [0.2, 0.25) is 0 Å². The summed E-state index contributed by atoms with van der Waals surface area (Å²) in [7, 11) is 0. The molecule has 1 saturated carbocycles. The Kier molecular flexibility index (Phi) is 3.84. The average Bonchev–Trinajstić information content (AvgIpc) is 2.52. The summed E-state index contributed by atoms with van der Waals surface area (Å²) in [4.78, 5) is 0. The third-order valence-corrected chi connectivity index (χ3v) is 3.23. The van der Waals surface area contributed by atoms with Crippen molar-refractivity contribution in [2.24, 2.45) is 0 Å². The Balaban J connectivity index is 1.76. The molecule has 0 radical (unpaired) electrons. The smallest absolute Gasteiger partial charge is 0.101 e. The first-order valence-corrected chi connectivity index (χ1v) is 6.12. The molecule has 2 rings (SSSR count). The van der Waals surface area contributed by atoms with E-state index < -0.39 is 0 Å². The summed E-state index contributed by atoms with van der Waals surface area (Å²) in [6, 6.07) is 2.84. The summed E-state index contributed by atoms with van der Waals surface area (Å²) >= 11 is 0. The molecule has 0 unspecified atom stereocenters. The molecule has 1 aromatic rings. The van der Waals surface area contributed by atoms with Crippen LogP contribution in [0.25, 0.3) is 0 Å². The fraction of sp³-hybridized carbons (Fsp3) is 0.692. The quantitative estimate of drug-likeness (QED) is 0.768. The van der Waals surface area contributed by atoms with Gasteiger partial charge >= 0.3 is 0 Å². The Labute approximate surface area is 92.1 Å². The Morgan fingerprint density at radius 1 is 1.27 bits per heavy atom. The zero-order valence-electron chi connectivity index (χ0n) is 9.59. The maximum absolute atomic E-state index is 5.29. The van der Waals surface area contributed by atoms with E-state index in [2.05, 4.69) is 11.4 Å². The Bertz CT molecular complexity index is 284. The van der Waals surface area contributed by atoms with Gasteiger partial charge in [-0.15, -0.1) is 0 Å². The highest BCUT2D eigenvalue weighted by Gasteiger charge is 2.11. The minimum absolute atomic E-state index is 0.725. The van der Waals surface area contributed by atoms with Crippen LogP contribution in [0.1, 0.15) is 49.8 Å². The lowest BCUT2D eigenvalue weighted by molar-refractivity contribution is 0.456. The summed E-state index contributed by atoms with van der Waals surface area (Å²) in [6.07, 6.45) is 10.2. The van der Waals surface area contributed by atoms with E-state index in [9.17, 15) is 0 Å². The van der Waals surface area contributed by atoms with Crippen LogP contribution in [0, 0.1) is 6.92 Å². The second kappa shape index (κ2) is 5.36. The standard InChI is InChI=1S/C13H21NO/c1-11-8-12(10-15-11)9-14-13-6-4-2-3-5-7-13/h8,10,13-14H,2-7,9H2,1H3. The van der Waals surface area contributed by atoms with Crippen molar-refractivity contribution in [2.75, 3.05) is 0 Å². The molecular formula is C13H21NO. The Morgan fingerprint density at radius 2 is 2.00 bits per heavy atom. The van der Waals surface area contributed by atoms with Crippen molar-refractivity contribution in [2.45, 2.75) is 58.0 Å². The minimum Gasteiger partial charge on any atom is -0.469 e. The molecule has 84 valence electrons. The first-order valence-electron chi connectivity index (χ1n) is 6.12. The van der Waals surface area contributed by atoms with Gasteiger partial charge in [-0.25, -0.2) is 0 Å². The predicted molar refractivity (Wildman–Crippen MR) is 61.8 cm³/mol. The number of nitrogens with one attached hydrogen (secondary N) is 1. The van der Waals surface area contributed by atoms with Crippen LogP contribution >= 0.6 is 0 Å². The zero-order chi connectivity index (χ0) is 10.5. The van der Waals surface area contributed by atoms with Crippen molar-refractivity contribution in [3.63, 3.8) is 0 Å². The molecule has 1 fully saturated rings. The lowest BCUT2D eigenvalue weighted by Gasteiger charge is -2.15. The van der Waals surface area contributed by atoms with Crippen LogP contribution in [0.4, 0.5) is 0 Å². The number of aryl methyl sites for hydroxylation is 1. The maximum atomic E-state index is 5.29. The van der Waals surface area contributed by atoms with Gasteiger partial charge in [0.15, 0.2) is 0 Å². The zero-order valence-corrected chi connectivity index (χ0v) is 9.59. The summed E-state index contributed by atoms with van der Waals surface area (Å²) < 4.78 is 5.29. The lowest BCUT2D eigenvalue weighted by atomic mass is 10.1. The van der Waals surface area contributed by atoms with Crippen LogP contribution in [-0.2, 0) is 6.54 Å². The maximum Gasteiger partial charge on any atom is 0.101 e. The fourth-order valence-electron chi connectivity index (χ4n) is 2.34. The van der Waals surface area contributed by atoms with Crippen LogP contribution in [-0.4, -0.2) is 6.04 Å². The van der Waals surface area contributed by atoms with Crippen LogP contribution in [0.5, 0.6) is 0 Å². The number of furan rings is 1. The monoisotopic (exact) mass is 207 g/mol. The molecule has 1 N–H and O–H groups in total. The first-order chi connectivity index (χ1) is 7.34. The second-order valence-corrected chi connectivity index (χ2v) is 4.63. The van der Waals surface area contributed by atoms with E-state index >= 15 is 0 Å². The number of hydrogen-bond acceptors (Lipinski definition) is 2. The van der Waals surface area contributed by atoms with Crippen molar-refractivity contribution >= 4 is 0 Å². The summed E-state index contributed by atoms with van der Waals surface area (Å²) in [6.45, 7) is 2.96. The van der Waals surface area contributed by atoms with Gasteiger partial charge in [0, 0.05) is 18.2 Å². The van der Waals surface area contributed by atoms with Crippen molar-refractivity contribution in [1.29, 1.82) is 0 Å². The van der Waals surface area contributed by atoms with E-state index in [4.69, 9.17) is 4.42 Å². The topological polar surface area (TPSA) is 25.2 Å². The molecule has 1 aromatic heterocycles. The molecule has 0 saturated heterocycles. The summed E-state index contributed by atoms with van der Waals surface area (Å²) in [5.41, 5.74) is 1.27. The molecule has 2 heteroatoms. The van der Waals surface area contributed by atoms with E-state index in [1.165, 1.54) is 44.1 Å². The Hall–Kier alpha value is -0.760. The van der Waals surface area contributed by atoms with E-state index in [0.29, 0.717) is 0 Å². The van der Waals surface area contributed by atoms with Gasteiger partial charge in [0.25, 0.3) is 0 Å². The summed E-state index contributed by atoms with van der Waals surface area (Å²) in [5.74, 6) is 1.01. The fourth-order valence-corrected chi connectivity index (χ4v) is 2.34. The molecule has 15 heavy (non-hydrogen) atoms. The van der Waals surface area contributed by atoms with E-state index in [1.807, 2.05) is 13.2 Å². The molecule has 1 aliphatic rings. The average molecular weight is 207 g/mol. The second-order valence-electron chi connectivity index (χ2n) is 4.63. The molecule has 0 aromatic carbocycles. The van der Waals surface area contributed by atoms with Crippen LogP contribution in [0.15, 0.2) is 16.7 Å². The van der Waals surface area contributed by atoms with Crippen molar-refractivity contribution < 1.29 is 4.42 Å². The van der Waals surface area contributed by atoms with Gasteiger partial charge in [-0.05, 0) is 25.8 Å². The van der Waals surface area contributed by atoms with Gasteiger partial charge in [-0.2, -0.15) is 0 Å². The molecule has 0 bridgehead atoms. The molecule has 0 amide bonds. The minimum atomic E-state index is 0.725. The van der Waals surface area contributed by atoms with Gasteiger partial charge in [0.1, 0.15) is 5.76 Å². The molecule has 1 heterocycles. The van der Waals surface area contributed by atoms with Crippen molar-refractivity contribution in [1.82, 2.24) is 5.32 Å². The van der Waals surface area contributed by atoms with Crippen LogP contribution in [0.3, 0.4) is 0 Å². The summed E-state index contributed by atoms with van der Waals surface area (Å²) in [5, 5.41) is 3.63. The van der Waals surface area contributed by atoms with Gasteiger partial charge in [0.05, 0.1) is 6.26 Å². The highest BCUT2D eigenvalue weighted by molar-refractivity contribution is 5.11. The molecule has 0 spiro atoms. The number of hydrogen-bond donors (Lipinski definition) is 1. The first kappa shape index (κ1) is 10.7. The van der Waals surface area contributed by atoms with E-state index in [-0.39, 0.29) is 0 Å². The van der Waals surface area contributed by atoms with Gasteiger partial charge < -0.3 is 9.73 Å².